The normalized spacial score (nSPS) is 19.8. The summed E-state index contributed by atoms with van der Waals surface area (Å²) < 4.78 is 57.3. The molecule has 0 aliphatic carbocycles. The van der Waals surface area contributed by atoms with E-state index < -0.39 is 47.6 Å². The molecule has 0 N–H and O–H groups in total. The minimum atomic E-state index is -1.56. The summed E-state index contributed by atoms with van der Waals surface area (Å²) in [5.74, 6) is -5.63. The van der Waals surface area contributed by atoms with Crippen LogP contribution in [-0.2, 0) is 18.8 Å². The summed E-state index contributed by atoms with van der Waals surface area (Å²) in [4.78, 5) is 11.9. The average Bonchev–Trinajstić information content (AvgIpc) is 2.70. The van der Waals surface area contributed by atoms with Gasteiger partial charge in [-0.15, -0.1) is 0 Å². The van der Waals surface area contributed by atoms with Crippen LogP contribution in [0.4, 0.5) is 13.2 Å². The topological polar surface area (TPSA) is 44.8 Å². The molecule has 1 aliphatic rings. The maximum atomic E-state index is 13.7. The van der Waals surface area contributed by atoms with Crippen molar-refractivity contribution in [1.82, 2.24) is 0 Å². The van der Waals surface area contributed by atoms with Crippen LogP contribution >= 0.6 is 0 Å². The van der Waals surface area contributed by atoms with E-state index in [9.17, 15) is 18.0 Å². The van der Waals surface area contributed by atoms with Gasteiger partial charge in [0.2, 0.25) is 0 Å². The molecular formula is C17H22BF3O4. The number of carbonyl (C=O) groups excluding carboxylic acids is 1. The van der Waals surface area contributed by atoms with Crippen molar-refractivity contribution in [3.05, 3.63) is 35.1 Å². The van der Waals surface area contributed by atoms with Crippen LogP contribution in [0.1, 0.15) is 52.4 Å². The molecule has 1 aromatic carbocycles. The number of halogens is 3. The standard InChI is InChI=1S/C17H22BF3O4/c1-6-23-14(22)9-11(10-7-12(19)15(21)13(20)8-10)18-24-16(2,3)17(4,5)25-18/h7-8,11H,6,9H2,1-5H3. The zero-order valence-corrected chi connectivity index (χ0v) is 15.0. The van der Waals surface area contributed by atoms with Crippen molar-refractivity contribution in [2.24, 2.45) is 0 Å². The SMILES string of the molecule is CCOC(=O)CC(B1OC(C)(C)C(C)(C)O1)c1cc(F)c(F)c(F)c1. The summed E-state index contributed by atoms with van der Waals surface area (Å²) in [6, 6.07) is 1.71. The molecule has 1 atom stereocenters. The molecular weight excluding hydrogens is 336 g/mol. The van der Waals surface area contributed by atoms with Gasteiger partial charge in [-0.2, -0.15) is 0 Å². The van der Waals surface area contributed by atoms with Crippen molar-refractivity contribution >= 4 is 13.1 Å². The van der Waals surface area contributed by atoms with Gasteiger partial charge in [0.15, 0.2) is 17.5 Å². The van der Waals surface area contributed by atoms with Gasteiger partial charge in [0.25, 0.3) is 0 Å². The van der Waals surface area contributed by atoms with Gasteiger partial charge in [0, 0.05) is 5.82 Å². The molecule has 1 unspecified atom stereocenters. The van der Waals surface area contributed by atoms with Gasteiger partial charge >= 0.3 is 13.1 Å². The zero-order valence-electron chi connectivity index (χ0n) is 15.0. The molecule has 0 spiro atoms. The Labute approximate surface area is 145 Å². The monoisotopic (exact) mass is 358 g/mol. The molecule has 0 amide bonds. The number of hydrogen-bond acceptors (Lipinski definition) is 4. The lowest BCUT2D eigenvalue weighted by Crippen LogP contribution is -2.41. The summed E-state index contributed by atoms with van der Waals surface area (Å²) in [5, 5.41) is 0. The van der Waals surface area contributed by atoms with Crippen LogP contribution in [0.3, 0.4) is 0 Å². The number of rotatable bonds is 5. The Morgan fingerprint density at radius 2 is 1.60 bits per heavy atom. The molecule has 138 valence electrons. The summed E-state index contributed by atoms with van der Waals surface area (Å²) in [7, 11) is -0.932. The van der Waals surface area contributed by atoms with Gasteiger partial charge in [0.05, 0.1) is 24.2 Å². The first kappa shape index (κ1) is 19.8. The highest BCUT2D eigenvalue weighted by molar-refractivity contribution is 6.48. The predicted molar refractivity (Wildman–Crippen MR) is 86.4 cm³/mol. The molecule has 25 heavy (non-hydrogen) atoms. The van der Waals surface area contributed by atoms with E-state index in [4.69, 9.17) is 14.0 Å². The molecule has 1 aromatic rings. The third-order valence-corrected chi connectivity index (χ3v) is 4.73. The van der Waals surface area contributed by atoms with Crippen molar-refractivity contribution in [2.45, 2.75) is 58.1 Å². The highest BCUT2D eigenvalue weighted by atomic mass is 19.2. The van der Waals surface area contributed by atoms with E-state index in [2.05, 4.69) is 0 Å². The highest BCUT2D eigenvalue weighted by Gasteiger charge is 2.54. The number of carbonyl (C=O) groups is 1. The van der Waals surface area contributed by atoms with Crippen molar-refractivity contribution in [3.63, 3.8) is 0 Å². The second-order valence-corrected chi connectivity index (χ2v) is 7.04. The number of benzene rings is 1. The average molecular weight is 358 g/mol. The maximum absolute atomic E-state index is 13.7. The second kappa shape index (κ2) is 7.00. The molecule has 0 saturated carbocycles. The van der Waals surface area contributed by atoms with E-state index in [1.807, 2.05) is 27.7 Å². The third-order valence-electron chi connectivity index (χ3n) is 4.73. The van der Waals surface area contributed by atoms with Gasteiger partial charge in [-0.3, -0.25) is 4.79 Å². The first-order valence-corrected chi connectivity index (χ1v) is 8.14. The van der Waals surface area contributed by atoms with Gasteiger partial charge in [0.1, 0.15) is 0 Å². The number of esters is 1. The fraction of sp³-hybridized carbons (Fsp3) is 0.588. The van der Waals surface area contributed by atoms with Crippen LogP contribution in [0.2, 0.25) is 0 Å². The first-order chi connectivity index (χ1) is 11.5. The number of ether oxygens (including phenoxy) is 1. The first-order valence-electron chi connectivity index (χ1n) is 8.14. The smallest absolute Gasteiger partial charge is 0.466 e. The van der Waals surface area contributed by atoms with Gasteiger partial charge < -0.3 is 14.0 Å². The Hall–Kier alpha value is -1.54. The van der Waals surface area contributed by atoms with E-state index in [0.717, 1.165) is 12.1 Å². The van der Waals surface area contributed by atoms with Crippen molar-refractivity contribution in [3.8, 4) is 0 Å². The fourth-order valence-electron chi connectivity index (χ4n) is 2.61. The summed E-state index contributed by atoms with van der Waals surface area (Å²) >= 11 is 0. The van der Waals surface area contributed by atoms with Crippen LogP contribution < -0.4 is 0 Å². The van der Waals surface area contributed by atoms with E-state index in [1.165, 1.54) is 0 Å². The molecule has 0 radical (unpaired) electrons. The molecule has 0 bridgehead atoms. The summed E-state index contributed by atoms with van der Waals surface area (Å²) in [6.07, 6.45) is -0.213. The van der Waals surface area contributed by atoms with E-state index in [0.29, 0.717) is 0 Å². The molecule has 4 nitrogen and oxygen atoms in total. The van der Waals surface area contributed by atoms with E-state index in [1.54, 1.807) is 6.92 Å². The van der Waals surface area contributed by atoms with Gasteiger partial charge in [-0.05, 0) is 52.3 Å². The zero-order chi connectivity index (χ0) is 19.0. The van der Waals surface area contributed by atoms with Crippen LogP contribution in [0.25, 0.3) is 0 Å². The van der Waals surface area contributed by atoms with E-state index >= 15 is 0 Å². The Morgan fingerprint density at radius 1 is 1.12 bits per heavy atom. The van der Waals surface area contributed by atoms with E-state index in [-0.39, 0.29) is 18.6 Å². The van der Waals surface area contributed by atoms with Crippen LogP contribution in [0.5, 0.6) is 0 Å². The van der Waals surface area contributed by atoms with Crippen molar-refractivity contribution in [1.29, 1.82) is 0 Å². The second-order valence-electron chi connectivity index (χ2n) is 7.04. The van der Waals surface area contributed by atoms with Crippen molar-refractivity contribution < 1.29 is 32.0 Å². The molecule has 1 aliphatic heterocycles. The lowest BCUT2D eigenvalue weighted by Gasteiger charge is -2.32. The Balaban J connectivity index is 2.39. The minimum absolute atomic E-state index is 0.0722. The van der Waals surface area contributed by atoms with Gasteiger partial charge in [-0.25, -0.2) is 13.2 Å². The maximum Gasteiger partial charge on any atom is 0.466 e. The largest absolute Gasteiger partial charge is 0.466 e. The highest BCUT2D eigenvalue weighted by Crippen LogP contribution is 2.42. The molecule has 8 heteroatoms. The lowest BCUT2D eigenvalue weighted by atomic mass is 9.66. The Morgan fingerprint density at radius 3 is 2.04 bits per heavy atom. The van der Waals surface area contributed by atoms with Crippen LogP contribution in [-0.4, -0.2) is 30.9 Å². The van der Waals surface area contributed by atoms with Crippen LogP contribution in [0, 0.1) is 17.5 Å². The Bertz CT molecular complexity index is 624. The molecule has 1 fully saturated rings. The summed E-state index contributed by atoms with van der Waals surface area (Å²) in [5.41, 5.74) is -1.31. The Kier molecular flexibility index (Phi) is 5.54. The molecule has 1 heterocycles. The number of hydrogen-bond donors (Lipinski definition) is 0. The fourth-order valence-corrected chi connectivity index (χ4v) is 2.61. The molecule has 2 rings (SSSR count). The summed E-state index contributed by atoms with van der Waals surface area (Å²) in [6.45, 7) is 9.10. The predicted octanol–water partition coefficient (Wildman–Crippen LogP) is 3.77. The minimum Gasteiger partial charge on any atom is -0.466 e. The van der Waals surface area contributed by atoms with Crippen LogP contribution in [0.15, 0.2) is 12.1 Å². The lowest BCUT2D eigenvalue weighted by molar-refractivity contribution is -0.143. The third kappa shape index (κ3) is 4.01. The molecule has 0 aromatic heterocycles. The van der Waals surface area contributed by atoms with Gasteiger partial charge in [-0.1, -0.05) is 0 Å². The van der Waals surface area contributed by atoms with Crippen molar-refractivity contribution in [2.75, 3.05) is 6.61 Å². The molecule has 1 saturated heterocycles. The quantitative estimate of drug-likeness (QED) is 0.457.